The molecule has 0 unspecified atom stereocenters. The molecular formula is C19H21N7O2S. The van der Waals surface area contributed by atoms with E-state index in [1.54, 1.807) is 13.3 Å². The molecule has 1 aromatic heterocycles. The molecule has 1 heterocycles. The van der Waals surface area contributed by atoms with Crippen molar-refractivity contribution in [3.63, 3.8) is 0 Å². The summed E-state index contributed by atoms with van der Waals surface area (Å²) < 4.78 is 6.50. The third kappa shape index (κ3) is 5.48. The van der Waals surface area contributed by atoms with E-state index in [0.717, 1.165) is 16.8 Å². The normalized spacial score (nSPS) is 10.8. The van der Waals surface area contributed by atoms with Crippen LogP contribution in [0.15, 0.2) is 58.8 Å². The van der Waals surface area contributed by atoms with Crippen molar-refractivity contribution in [2.24, 2.45) is 5.10 Å². The molecule has 29 heavy (non-hydrogen) atoms. The number of carbonyl (C=O) groups excluding carboxylic acids is 1. The number of carbonyl (C=O) groups is 1. The van der Waals surface area contributed by atoms with E-state index in [1.807, 2.05) is 55.5 Å². The van der Waals surface area contributed by atoms with Crippen molar-refractivity contribution in [1.82, 2.24) is 14.9 Å². The van der Waals surface area contributed by atoms with Gasteiger partial charge < -0.3 is 15.9 Å². The maximum Gasteiger partial charge on any atom is 0.264 e. The Balaban J connectivity index is 1.54. The molecule has 0 saturated heterocycles. The summed E-state index contributed by atoms with van der Waals surface area (Å²) in [5, 5.41) is 15.2. The highest BCUT2D eigenvalue weighted by Crippen LogP contribution is 2.18. The van der Waals surface area contributed by atoms with Crippen molar-refractivity contribution in [2.75, 3.05) is 29.4 Å². The first-order valence-electron chi connectivity index (χ1n) is 8.68. The molecular weight excluding hydrogens is 390 g/mol. The van der Waals surface area contributed by atoms with Gasteiger partial charge in [-0.05, 0) is 31.2 Å². The van der Waals surface area contributed by atoms with Gasteiger partial charge in [-0.1, -0.05) is 41.6 Å². The van der Waals surface area contributed by atoms with Crippen LogP contribution < -0.4 is 21.3 Å². The smallest absolute Gasteiger partial charge is 0.264 e. The number of ether oxygens (including phenoxy) is 1. The van der Waals surface area contributed by atoms with Crippen molar-refractivity contribution in [1.29, 1.82) is 0 Å². The fourth-order valence-corrected chi connectivity index (χ4v) is 3.00. The minimum atomic E-state index is -0.162. The lowest BCUT2D eigenvalue weighted by Gasteiger charge is -2.06. The Morgan fingerprint density at radius 2 is 2.00 bits per heavy atom. The number of anilines is 2. The molecule has 0 spiro atoms. The van der Waals surface area contributed by atoms with Crippen LogP contribution in [0.1, 0.15) is 11.1 Å². The van der Waals surface area contributed by atoms with Gasteiger partial charge in [0, 0.05) is 11.3 Å². The molecule has 150 valence electrons. The first kappa shape index (κ1) is 20.2. The number of nitrogens with zero attached hydrogens (tertiary/aromatic N) is 4. The number of thioether (sulfide) groups is 1. The largest absolute Gasteiger partial charge is 0.496 e. The van der Waals surface area contributed by atoms with Crippen LogP contribution in [-0.2, 0) is 4.79 Å². The van der Waals surface area contributed by atoms with Crippen LogP contribution >= 0.6 is 11.8 Å². The lowest BCUT2D eigenvalue weighted by atomic mass is 10.2. The minimum Gasteiger partial charge on any atom is -0.496 e. The molecule has 1 amide bonds. The lowest BCUT2D eigenvalue weighted by Crippen LogP contribution is -2.16. The number of rotatable bonds is 8. The highest BCUT2D eigenvalue weighted by atomic mass is 32.2. The molecule has 0 radical (unpaired) electrons. The number of nitrogens with two attached hydrogens (primary N) is 1. The van der Waals surface area contributed by atoms with E-state index >= 15 is 0 Å². The number of aryl methyl sites for hydroxylation is 1. The number of para-hydroxylation sites is 1. The van der Waals surface area contributed by atoms with E-state index < -0.39 is 0 Å². The molecule has 9 nitrogen and oxygen atoms in total. The quantitative estimate of drug-likeness (QED) is 0.225. The summed E-state index contributed by atoms with van der Waals surface area (Å²) in [5.74, 6) is 6.90. The summed E-state index contributed by atoms with van der Waals surface area (Å²) in [4.78, 5) is 12.1. The van der Waals surface area contributed by atoms with Crippen LogP contribution in [-0.4, -0.2) is 39.9 Å². The summed E-state index contributed by atoms with van der Waals surface area (Å²) in [6.07, 6.45) is 1.59. The molecule has 2 aromatic carbocycles. The van der Waals surface area contributed by atoms with E-state index in [2.05, 4.69) is 26.0 Å². The van der Waals surface area contributed by atoms with Gasteiger partial charge in [0.05, 0.1) is 19.1 Å². The van der Waals surface area contributed by atoms with Gasteiger partial charge in [-0.3, -0.25) is 4.79 Å². The van der Waals surface area contributed by atoms with E-state index in [9.17, 15) is 4.79 Å². The van der Waals surface area contributed by atoms with Gasteiger partial charge in [-0.15, -0.1) is 10.2 Å². The monoisotopic (exact) mass is 411 g/mol. The molecule has 0 bridgehead atoms. The van der Waals surface area contributed by atoms with Crippen molar-refractivity contribution in [3.8, 4) is 5.75 Å². The average Bonchev–Trinajstić information content (AvgIpc) is 3.08. The Morgan fingerprint density at radius 1 is 1.24 bits per heavy atom. The molecule has 0 aliphatic carbocycles. The van der Waals surface area contributed by atoms with Gasteiger partial charge in [0.2, 0.25) is 11.1 Å². The summed E-state index contributed by atoms with van der Waals surface area (Å²) >= 11 is 1.17. The Bertz CT molecular complexity index is 1000. The predicted molar refractivity (Wildman–Crippen MR) is 115 cm³/mol. The maximum absolute atomic E-state index is 12.1. The van der Waals surface area contributed by atoms with Gasteiger partial charge in [0.25, 0.3) is 5.95 Å². The Labute approximate surface area is 172 Å². The van der Waals surface area contributed by atoms with Crippen molar-refractivity contribution >= 4 is 35.5 Å². The van der Waals surface area contributed by atoms with E-state index in [1.165, 1.54) is 16.4 Å². The second-order valence-electron chi connectivity index (χ2n) is 5.99. The van der Waals surface area contributed by atoms with Crippen LogP contribution in [0.4, 0.5) is 11.6 Å². The summed E-state index contributed by atoms with van der Waals surface area (Å²) in [6, 6.07) is 15.0. The molecule has 4 N–H and O–H groups in total. The summed E-state index contributed by atoms with van der Waals surface area (Å²) in [5.41, 5.74) is 5.40. The first-order valence-corrected chi connectivity index (χ1v) is 9.67. The zero-order valence-electron chi connectivity index (χ0n) is 16.0. The van der Waals surface area contributed by atoms with Crippen molar-refractivity contribution in [3.05, 3.63) is 59.7 Å². The van der Waals surface area contributed by atoms with Crippen LogP contribution in [0.25, 0.3) is 0 Å². The van der Waals surface area contributed by atoms with Crippen LogP contribution in [0, 0.1) is 6.92 Å². The summed E-state index contributed by atoms with van der Waals surface area (Å²) in [6.45, 7) is 1.99. The van der Waals surface area contributed by atoms with Gasteiger partial charge in [-0.2, -0.15) is 5.10 Å². The van der Waals surface area contributed by atoms with E-state index in [-0.39, 0.29) is 17.6 Å². The zero-order chi connectivity index (χ0) is 20.6. The number of benzene rings is 2. The molecule has 10 heteroatoms. The number of nitrogen functional groups attached to an aromatic ring is 1. The Hall–Kier alpha value is -3.53. The maximum atomic E-state index is 12.1. The topological polar surface area (TPSA) is 119 Å². The average molecular weight is 411 g/mol. The highest BCUT2D eigenvalue weighted by Gasteiger charge is 2.12. The molecule has 0 aliphatic heterocycles. The minimum absolute atomic E-state index is 0.147. The first-order chi connectivity index (χ1) is 14.1. The standard InChI is InChI=1S/C19H21N7O2S/c1-13-7-9-15(10-8-13)22-17(27)12-29-19-25-24-18(26(19)20)23-21-11-14-5-3-4-6-16(14)28-2/h3-11H,12,20H2,1-2H3,(H,22,27)(H,23,24)/b21-11+. The number of hydrogen-bond donors (Lipinski definition) is 3. The van der Waals surface area contributed by atoms with Crippen molar-refractivity contribution in [2.45, 2.75) is 12.1 Å². The van der Waals surface area contributed by atoms with Gasteiger partial charge in [0.1, 0.15) is 5.75 Å². The van der Waals surface area contributed by atoms with Crippen LogP contribution in [0.2, 0.25) is 0 Å². The molecule has 0 fully saturated rings. The number of hydrogen-bond acceptors (Lipinski definition) is 8. The van der Waals surface area contributed by atoms with Gasteiger partial charge in [0.15, 0.2) is 0 Å². The van der Waals surface area contributed by atoms with Gasteiger partial charge >= 0.3 is 0 Å². The second-order valence-corrected chi connectivity index (χ2v) is 6.93. The third-order valence-corrected chi connectivity index (χ3v) is 4.78. The molecule has 0 atom stereocenters. The second kappa shape index (κ2) is 9.60. The Kier molecular flexibility index (Phi) is 6.69. The molecule has 0 saturated carbocycles. The molecule has 3 rings (SSSR count). The number of amides is 1. The Morgan fingerprint density at radius 3 is 2.76 bits per heavy atom. The number of methoxy groups -OCH3 is 1. The fraction of sp³-hybridized carbons (Fsp3) is 0.158. The third-order valence-electron chi connectivity index (χ3n) is 3.84. The number of hydrazone groups is 1. The fourth-order valence-electron chi connectivity index (χ4n) is 2.35. The van der Waals surface area contributed by atoms with E-state index in [0.29, 0.717) is 10.9 Å². The SMILES string of the molecule is COc1ccccc1/C=N/Nc1nnc(SCC(=O)Nc2ccc(C)cc2)n1N. The lowest BCUT2D eigenvalue weighted by molar-refractivity contribution is -0.113. The highest BCUT2D eigenvalue weighted by molar-refractivity contribution is 7.99. The van der Waals surface area contributed by atoms with Crippen molar-refractivity contribution < 1.29 is 9.53 Å². The van der Waals surface area contributed by atoms with Crippen LogP contribution in [0.5, 0.6) is 5.75 Å². The number of nitrogens with one attached hydrogen (secondary N) is 2. The zero-order valence-corrected chi connectivity index (χ0v) is 16.8. The summed E-state index contributed by atoms with van der Waals surface area (Å²) in [7, 11) is 1.59. The predicted octanol–water partition coefficient (Wildman–Crippen LogP) is 2.49. The molecule has 3 aromatic rings. The number of aromatic nitrogens is 3. The van der Waals surface area contributed by atoms with E-state index in [4.69, 9.17) is 10.6 Å². The molecule has 0 aliphatic rings. The van der Waals surface area contributed by atoms with Gasteiger partial charge in [-0.25, -0.2) is 10.1 Å². The van der Waals surface area contributed by atoms with Crippen LogP contribution in [0.3, 0.4) is 0 Å².